The summed E-state index contributed by atoms with van der Waals surface area (Å²) in [6.45, 7) is 8.07. The van der Waals surface area contributed by atoms with Crippen molar-refractivity contribution < 1.29 is 4.79 Å². The molecule has 3 N–H and O–H groups in total. The lowest BCUT2D eigenvalue weighted by Crippen LogP contribution is -2.38. The fourth-order valence-electron chi connectivity index (χ4n) is 2.08. The number of hydrogen-bond acceptors (Lipinski definition) is 2. The van der Waals surface area contributed by atoms with Crippen LogP contribution < -0.4 is 16.0 Å². The van der Waals surface area contributed by atoms with E-state index >= 15 is 0 Å². The van der Waals surface area contributed by atoms with Crippen molar-refractivity contribution in [3.05, 3.63) is 34.9 Å². The van der Waals surface area contributed by atoms with Crippen molar-refractivity contribution in [3.63, 3.8) is 0 Å². The van der Waals surface area contributed by atoms with Gasteiger partial charge in [-0.25, -0.2) is 0 Å². The first kappa shape index (κ1) is 20.3. The lowest BCUT2D eigenvalue weighted by atomic mass is 10.1. The Kier molecular flexibility index (Phi) is 9.92. The number of rotatable bonds is 9. The number of halogens is 1. The van der Waals surface area contributed by atoms with Crippen molar-refractivity contribution in [2.24, 2.45) is 4.99 Å². The van der Waals surface area contributed by atoms with Crippen LogP contribution in [-0.2, 0) is 11.2 Å². The molecular weight excluding hydrogens is 324 g/mol. The minimum absolute atomic E-state index is 0.0443. The number of amides is 1. The van der Waals surface area contributed by atoms with E-state index in [1.165, 1.54) is 5.56 Å². The highest BCUT2D eigenvalue weighted by Crippen LogP contribution is 2.10. The summed E-state index contributed by atoms with van der Waals surface area (Å²) in [5.74, 6) is 0.777. The first-order chi connectivity index (χ1) is 11.5. The van der Waals surface area contributed by atoms with Crippen LogP contribution in [0.25, 0.3) is 0 Å². The van der Waals surface area contributed by atoms with Gasteiger partial charge in [0, 0.05) is 30.6 Å². The number of carbonyl (C=O) groups excluding carboxylic acids is 1. The fourth-order valence-corrected chi connectivity index (χ4v) is 2.29. The Labute approximate surface area is 150 Å². The van der Waals surface area contributed by atoms with Gasteiger partial charge in [-0.05, 0) is 44.4 Å². The monoisotopic (exact) mass is 352 g/mol. The number of hydrogen-bond donors (Lipinski definition) is 3. The summed E-state index contributed by atoms with van der Waals surface area (Å²) < 4.78 is 0. The van der Waals surface area contributed by atoms with Gasteiger partial charge in [-0.3, -0.25) is 9.79 Å². The molecule has 0 heterocycles. The maximum Gasteiger partial charge on any atom is 0.222 e. The van der Waals surface area contributed by atoms with Crippen LogP contribution in [0, 0.1) is 0 Å². The summed E-state index contributed by atoms with van der Waals surface area (Å²) in [7, 11) is 0. The molecule has 0 saturated heterocycles. The van der Waals surface area contributed by atoms with E-state index in [4.69, 9.17) is 11.6 Å². The second kappa shape index (κ2) is 11.7. The van der Waals surface area contributed by atoms with E-state index in [1.54, 1.807) is 0 Å². The average molecular weight is 353 g/mol. The molecule has 0 saturated carbocycles. The Morgan fingerprint density at radius 1 is 1.29 bits per heavy atom. The molecule has 1 amide bonds. The van der Waals surface area contributed by atoms with E-state index in [1.807, 2.05) is 32.0 Å². The fraction of sp³-hybridized carbons (Fsp3) is 0.556. The average Bonchev–Trinajstić information content (AvgIpc) is 2.54. The molecule has 24 heavy (non-hydrogen) atoms. The first-order valence-electron chi connectivity index (χ1n) is 8.61. The Balaban J connectivity index is 2.38. The van der Waals surface area contributed by atoms with Crippen molar-refractivity contribution in [2.75, 3.05) is 19.6 Å². The molecule has 1 atom stereocenters. The molecule has 1 aromatic carbocycles. The maximum atomic E-state index is 11.7. The SMILES string of the molecule is CCNC(=NCCC(=O)NC(C)CC)NCCc1cccc(Cl)c1. The minimum Gasteiger partial charge on any atom is -0.357 e. The summed E-state index contributed by atoms with van der Waals surface area (Å²) >= 11 is 5.99. The summed E-state index contributed by atoms with van der Waals surface area (Å²) in [4.78, 5) is 16.2. The van der Waals surface area contributed by atoms with E-state index in [0.29, 0.717) is 13.0 Å². The number of carbonyl (C=O) groups is 1. The van der Waals surface area contributed by atoms with Crippen molar-refractivity contribution in [1.29, 1.82) is 0 Å². The molecule has 0 aliphatic heterocycles. The number of benzene rings is 1. The highest BCUT2D eigenvalue weighted by molar-refractivity contribution is 6.30. The maximum absolute atomic E-state index is 11.7. The number of nitrogens with one attached hydrogen (secondary N) is 3. The highest BCUT2D eigenvalue weighted by Gasteiger charge is 2.05. The molecule has 5 nitrogen and oxygen atoms in total. The predicted molar refractivity (Wildman–Crippen MR) is 102 cm³/mol. The van der Waals surface area contributed by atoms with Gasteiger partial charge in [0.05, 0.1) is 6.54 Å². The lowest BCUT2D eigenvalue weighted by molar-refractivity contribution is -0.121. The molecule has 0 bridgehead atoms. The van der Waals surface area contributed by atoms with Crippen LogP contribution in [0.5, 0.6) is 0 Å². The molecule has 1 aromatic rings. The molecule has 0 aromatic heterocycles. The van der Waals surface area contributed by atoms with Gasteiger partial charge < -0.3 is 16.0 Å². The van der Waals surface area contributed by atoms with Crippen LogP contribution >= 0.6 is 11.6 Å². The predicted octanol–water partition coefficient (Wildman–Crippen LogP) is 2.74. The molecule has 6 heteroatoms. The minimum atomic E-state index is 0.0443. The van der Waals surface area contributed by atoms with Gasteiger partial charge in [0.15, 0.2) is 5.96 Å². The lowest BCUT2D eigenvalue weighted by Gasteiger charge is -2.12. The van der Waals surface area contributed by atoms with Crippen LogP contribution in [0.2, 0.25) is 5.02 Å². The first-order valence-corrected chi connectivity index (χ1v) is 8.98. The molecule has 0 spiro atoms. The second-order valence-corrected chi connectivity index (χ2v) is 6.13. The molecule has 1 rings (SSSR count). The van der Waals surface area contributed by atoms with Crippen molar-refractivity contribution >= 4 is 23.5 Å². The van der Waals surface area contributed by atoms with Crippen LogP contribution in [0.1, 0.15) is 39.2 Å². The smallest absolute Gasteiger partial charge is 0.222 e. The zero-order valence-electron chi connectivity index (χ0n) is 14.9. The zero-order valence-corrected chi connectivity index (χ0v) is 15.6. The molecular formula is C18H29ClN4O. The standard InChI is InChI=1S/C18H29ClN4O/c1-4-14(3)23-17(24)10-12-22-18(20-5-2)21-11-9-15-7-6-8-16(19)13-15/h6-8,13-14H,4-5,9-12H2,1-3H3,(H,23,24)(H2,20,21,22). The third-order valence-electron chi connectivity index (χ3n) is 3.57. The molecule has 0 radical (unpaired) electrons. The Morgan fingerprint density at radius 2 is 2.08 bits per heavy atom. The third kappa shape index (κ3) is 8.77. The number of aliphatic imine (C=N–C) groups is 1. The van der Waals surface area contributed by atoms with Crippen molar-refractivity contribution in [1.82, 2.24) is 16.0 Å². The summed E-state index contributed by atoms with van der Waals surface area (Å²) in [5.41, 5.74) is 1.18. The van der Waals surface area contributed by atoms with E-state index < -0.39 is 0 Å². The van der Waals surface area contributed by atoms with Crippen molar-refractivity contribution in [2.45, 2.75) is 46.1 Å². The molecule has 134 valence electrons. The van der Waals surface area contributed by atoms with Gasteiger partial charge in [-0.2, -0.15) is 0 Å². The Bertz CT molecular complexity index is 534. The topological polar surface area (TPSA) is 65.5 Å². The Hall–Kier alpha value is -1.75. The van der Waals surface area contributed by atoms with Crippen molar-refractivity contribution in [3.8, 4) is 0 Å². The zero-order chi connectivity index (χ0) is 17.8. The van der Waals surface area contributed by atoms with Gasteiger partial charge in [0.2, 0.25) is 5.91 Å². The van der Waals surface area contributed by atoms with Crippen LogP contribution in [0.15, 0.2) is 29.3 Å². The van der Waals surface area contributed by atoms with Gasteiger partial charge in [0.25, 0.3) is 0 Å². The summed E-state index contributed by atoms with van der Waals surface area (Å²) in [5, 5.41) is 10.2. The summed E-state index contributed by atoms with van der Waals surface area (Å²) in [6.07, 6.45) is 2.19. The van der Waals surface area contributed by atoms with E-state index in [9.17, 15) is 4.79 Å². The molecule has 0 aliphatic carbocycles. The van der Waals surface area contributed by atoms with E-state index in [-0.39, 0.29) is 11.9 Å². The second-order valence-electron chi connectivity index (χ2n) is 5.69. The Morgan fingerprint density at radius 3 is 2.75 bits per heavy atom. The number of nitrogens with zero attached hydrogens (tertiary/aromatic N) is 1. The van der Waals surface area contributed by atoms with Gasteiger partial charge >= 0.3 is 0 Å². The molecule has 1 unspecified atom stereocenters. The van der Waals surface area contributed by atoms with Gasteiger partial charge in [-0.15, -0.1) is 0 Å². The molecule has 0 fully saturated rings. The quantitative estimate of drug-likeness (QED) is 0.473. The summed E-state index contributed by atoms with van der Waals surface area (Å²) in [6, 6.07) is 8.05. The highest BCUT2D eigenvalue weighted by atomic mass is 35.5. The molecule has 0 aliphatic rings. The third-order valence-corrected chi connectivity index (χ3v) is 3.80. The van der Waals surface area contributed by atoms with Crippen LogP contribution in [0.4, 0.5) is 0 Å². The van der Waals surface area contributed by atoms with Gasteiger partial charge in [-0.1, -0.05) is 30.7 Å². The van der Waals surface area contributed by atoms with Crippen LogP contribution in [-0.4, -0.2) is 37.5 Å². The number of guanidine groups is 1. The largest absolute Gasteiger partial charge is 0.357 e. The van der Waals surface area contributed by atoms with Crippen LogP contribution in [0.3, 0.4) is 0 Å². The van der Waals surface area contributed by atoms with E-state index in [0.717, 1.165) is 36.9 Å². The van der Waals surface area contributed by atoms with E-state index in [2.05, 4.69) is 33.9 Å². The van der Waals surface area contributed by atoms with Gasteiger partial charge in [0.1, 0.15) is 0 Å². The normalized spacial score (nSPS) is 12.6.